The molecule has 0 aromatic heterocycles. The number of amides is 2. The van der Waals surface area contributed by atoms with Gasteiger partial charge in [0.05, 0.1) is 6.54 Å². The molecule has 150 valence electrons. The van der Waals surface area contributed by atoms with Gasteiger partial charge in [0.1, 0.15) is 11.2 Å². The fraction of sp³-hybridized carbons (Fsp3) is 0.526. The van der Waals surface area contributed by atoms with E-state index < -0.39 is 23.4 Å². The number of nitrogens with zero attached hydrogens (tertiary/aromatic N) is 2. The highest BCUT2D eigenvalue weighted by atomic mass is 16.6. The quantitative estimate of drug-likeness (QED) is 0.616. The second-order valence-electron chi connectivity index (χ2n) is 8.04. The van der Waals surface area contributed by atoms with Gasteiger partial charge in [-0.3, -0.25) is 0 Å². The van der Waals surface area contributed by atoms with Gasteiger partial charge in [0.25, 0.3) is 0 Å². The first kappa shape index (κ1) is 22.4. The lowest BCUT2D eigenvalue weighted by Gasteiger charge is -2.27. The highest BCUT2D eigenvalue weighted by Gasteiger charge is 2.26. The minimum Gasteiger partial charge on any atom is -0.443 e. The normalized spacial score (nSPS) is 12.5. The predicted octanol–water partition coefficient (Wildman–Crippen LogP) is 3.13. The second kappa shape index (κ2) is 8.85. The van der Waals surface area contributed by atoms with Gasteiger partial charge in [0.15, 0.2) is 0 Å². The molecule has 1 aromatic rings. The van der Waals surface area contributed by atoms with Crippen molar-refractivity contribution in [3.05, 3.63) is 35.4 Å². The van der Waals surface area contributed by atoms with Crippen LogP contribution < -0.4 is 11.5 Å². The van der Waals surface area contributed by atoms with E-state index in [1.165, 1.54) is 0 Å². The number of hydrogen-bond acceptors (Lipinski definition) is 5. The summed E-state index contributed by atoms with van der Waals surface area (Å²) in [7, 11) is 0. The summed E-state index contributed by atoms with van der Waals surface area (Å²) < 4.78 is 10.5. The van der Waals surface area contributed by atoms with Crippen molar-refractivity contribution in [2.24, 2.45) is 16.5 Å². The van der Waals surface area contributed by atoms with Crippen molar-refractivity contribution in [3.8, 4) is 0 Å². The van der Waals surface area contributed by atoms with Crippen LogP contribution in [0.4, 0.5) is 9.59 Å². The molecule has 2 amide bonds. The molecular formula is C19H30N4O4. The maximum Gasteiger partial charge on any atom is 0.437 e. The molecule has 0 atom stereocenters. The Labute approximate surface area is 160 Å². The fourth-order valence-electron chi connectivity index (χ4n) is 2.03. The average molecular weight is 378 g/mol. The van der Waals surface area contributed by atoms with Crippen molar-refractivity contribution in [2.45, 2.75) is 65.8 Å². The summed E-state index contributed by atoms with van der Waals surface area (Å²) in [6.07, 6.45) is -1.60. The van der Waals surface area contributed by atoms with Crippen LogP contribution in [-0.2, 0) is 22.6 Å². The van der Waals surface area contributed by atoms with Crippen LogP contribution in [0.5, 0.6) is 0 Å². The third kappa shape index (κ3) is 8.54. The molecule has 0 aliphatic carbocycles. The number of carbonyl (C=O) groups is 2. The number of hydrogen-bond donors (Lipinski definition) is 2. The van der Waals surface area contributed by atoms with Gasteiger partial charge in [0, 0.05) is 6.54 Å². The van der Waals surface area contributed by atoms with E-state index in [9.17, 15) is 9.59 Å². The lowest BCUT2D eigenvalue weighted by Crippen LogP contribution is -2.44. The van der Waals surface area contributed by atoms with E-state index in [0.717, 1.165) is 16.0 Å². The molecule has 0 heterocycles. The molecule has 8 heteroatoms. The summed E-state index contributed by atoms with van der Waals surface area (Å²) in [5.41, 5.74) is 11.8. The number of benzene rings is 1. The first-order valence-electron chi connectivity index (χ1n) is 8.66. The predicted molar refractivity (Wildman–Crippen MR) is 104 cm³/mol. The lowest BCUT2D eigenvalue weighted by atomic mass is 10.1. The molecule has 8 nitrogen and oxygen atoms in total. The smallest absolute Gasteiger partial charge is 0.437 e. The van der Waals surface area contributed by atoms with Crippen LogP contribution in [0, 0.1) is 0 Å². The first-order chi connectivity index (χ1) is 12.3. The van der Waals surface area contributed by atoms with Gasteiger partial charge >= 0.3 is 12.2 Å². The van der Waals surface area contributed by atoms with Crippen LogP contribution in [0.25, 0.3) is 0 Å². The van der Waals surface area contributed by atoms with E-state index in [-0.39, 0.29) is 12.5 Å². The molecule has 0 spiro atoms. The maximum absolute atomic E-state index is 12.6. The molecule has 0 saturated heterocycles. The average Bonchev–Trinajstić information content (AvgIpc) is 2.48. The highest BCUT2D eigenvalue weighted by molar-refractivity contribution is 5.98. The van der Waals surface area contributed by atoms with Crippen LogP contribution in [0.3, 0.4) is 0 Å². The van der Waals surface area contributed by atoms with Gasteiger partial charge < -0.3 is 20.9 Å². The Bertz CT molecular complexity index is 702. The molecule has 4 N–H and O–H groups in total. The standard InChI is InChI=1S/C19H30N4O4/c1-18(2,3)26-16(24)22-15(21)23(17(25)27-19(4,5)6)12-14-9-7-8-13(10-14)11-20/h7-10H,11-12,20H2,1-6H3,(H2,21,22,24). The third-order valence-corrected chi connectivity index (χ3v) is 3.06. The summed E-state index contributed by atoms with van der Waals surface area (Å²) in [6.45, 7) is 10.8. The molecule has 0 aliphatic heterocycles. The molecule has 0 fully saturated rings. The molecule has 0 unspecified atom stereocenters. The zero-order chi connectivity index (χ0) is 20.8. The van der Waals surface area contributed by atoms with E-state index in [0.29, 0.717) is 6.54 Å². The summed E-state index contributed by atoms with van der Waals surface area (Å²) in [4.78, 5) is 29.3. The van der Waals surface area contributed by atoms with Crippen LogP contribution in [-0.4, -0.2) is 34.2 Å². The maximum atomic E-state index is 12.6. The summed E-state index contributed by atoms with van der Waals surface area (Å²) in [6, 6.07) is 7.36. The van der Waals surface area contributed by atoms with Gasteiger partial charge in [-0.15, -0.1) is 4.99 Å². The lowest BCUT2D eigenvalue weighted by molar-refractivity contribution is 0.0356. The molecule has 27 heavy (non-hydrogen) atoms. The molecule has 0 radical (unpaired) electrons. The SMILES string of the molecule is CC(C)(C)OC(=O)N=C(N)N(Cc1cccc(CN)c1)C(=O)OC(C)(C)C. The Morgan fingerprint density at radius 3 is 2.11 bits per heavy atom. The first-order valence-corrected chi connectivity index (χ1v) is 8.66. The Kier molecular flexibility index (Phi) is 7.36. The number of rotatable bonds is 3. The minimum atomic E-state index is -0.885. The fourth-order valence-corrected chi connectivity index (χ4v) is 2.03. The molecule has 1 aromatic carbocycles. The number of nitrogens with two attached hydrogens (primary N) is 2. The van der Waals surface area contributed by atoms with Gasteiger partial charge in [-0.25, -0.2) is 14.5 Å². The van der Waals surface area contributed by atoms with Crippen molar-refractivity contribution in [1.82, 2.24) is 4.90 Å². The Hall–Kier alpha value is -2.61. The van der Waals surface area contributed by atoms with Crippen molar-refractivity contribution in [2.75, 3.05) is 0 Å². The highest BCUT2D eigenvalue weighted by Crippen LogP contribution is 2.14. The van der Waals surface area contributed by atoms with E-state index in [2.05, 4.69) is 4.99 Å². The summed E-state index contributed by atoms with van der Waals surface area (Å²) in [5.74, 6) is -0.309. The second-order valence-corrected chi connectivity index (χ2v) is 8.04. The Balaban J connectivity index is 3.12. The van der Waals surface area contributed by atoms with E-state index in [4.69, 9.17) is 20.9 Å². The topological polar surface area (TPSA) is 120 Å². The van der Waals surface area contributed by atoms with Gasteiger partial charge in [-0.05, 0) is 52.7 Å². The Morgan fingerprint density at radius 2 is 1.59 bits per heavy atom. The number of aliphatic imine (C=N–C) groups is 1. The minimum absolute atomic E-state index is 0.0703. The van der Waals surface area contributed by atoms with E-state index in [1.54, 1.807) is 41.5 Å². The monoisotopic (exact) mass is 378 g/mol. The van der Waals surface area contributed by atoms with E-state index >= 15 is 0 Å². The summed E-state index contributed by atoms with van der Waals surface area (Å²) >= 11 is 0. The van der Waals surface area contributed by atoms with Crippen LogP contribution in [0.2, 0.25) is 0 Å². The molecule has 1 rings (SSSR count). The van der Waals surface area contributed by atoms with Crippen LogP contribution in [0.15, 0.2) is 29.3 Å². The van der Waals surface area contributed by atoms with Crippen molar-refractivity contribution in [1.29, 1.82) is 0 Å². The zero-order valence-electron chi connectivity index (χ0n) is 16.9. The van der Waals surface area contributed by atoms with Gasteiger partial charge in [-0.1, -0.05) is 24.3 Å². The van der Waals surface area contributed by atoms with Crippen LogP contribution >= 0.6 is 0 Å². The number of ether oxygens (including phenoxy) is 2. The number of guanidine groups is 1. The van der Waals surface area contributed by atoms with Crippen LogP contribution in [0.1, 0.15) is 52.7 Å². The Morgan fingerprint density at radius 1 is 1.04 bits per heavy atom. The van der Waals surface area contributed by atoms with Crippen molar-refractivity contribution < 1.29 is 19.1 Å². The summed E-state index contributed by atoms with van der Waals surface area (Å²) in [5, 5.41) is 0. The molecule has 0 bridgehead atoms. The van der Waals surface area contributed by atoms with E-state index in [1.807, 2.05) is 24.3 Å². The molecule has 0 aliphatic rings. The van der Waals surface area contributed by atoms with Crippen molar-refractivity contribution in [3.63, 3.8) is 0 Å². The van der Waals surface area contributed by atoms with Crippen molar-refractivity contribution >= 4 is 18.1 Å². The molecular weight excluding hydrogens is 348 g/mol. The zero-order valence-corrected chi connectivity index (χ0v) is 16.9. The number of carbonyl (C=O) groups excluding carboxylic acids is 2. The molecule has 0 saturated carbocycles. The third-order valence-electron chi connectivity index (χ3n) is 3.06. The van der Waals surface area contributed by atoms with Gasteiger partial charge in [-0.2, -0.15) is 0 Å². The van der Waals surface area contributed by atoms with Gasteiger partial charge in [0.2, 0.25) is 5.96 Å². The largest absolute Gasteiger partial charge is 0.443 e.